The predicted octanol–water partition coefficient (Wildman–Crippen LogP) is 5.53. The van der Waals surface area contributed by atoms with Crippen LogP contribution in [0.1, 0.15) is 53.2 Å². The lowest BCUT2D eigenvalue weighted by Crippen LogP contribution is -2.30. The number of fused-ring (bicyclic) bond motifs is 2. The minimum atomic E-state index is -0.431. The van der Waals surface area contributed by atoms with Gasteiger partial charge in [0.15, 0.2) is 5.69 Å². The SMILES string of the molecule is COc1ncccc1-c1nc2c(n1C(C)C)[C@@H](c1ccc(Cl)cc1)N(c1cc(C)c3nnn(C)c3c1)C2=O. The second-order valence-corrected chi connectivity index (χ2v) is 10.1. The number of imidazole rings is 1. The molecule has 0 radical (unpaired) electrons. The Kier molecular flexibility index (Phi) is 5.68. The average Bonchev–Trinajstić information content (AvgIpc) is 3.56. The summed E-state index contributed by atoms with van der Waals surface area (Å²) < 4.78 is 9.38. The summed E-state index contributed by atoms with van der Waals surface area (Å²) >= 11 is 6.26. The van der Waals surface area contributed by atoms with Crippen molar-refractivity contribution in [1.29, 1.82) is 0 Å². The van der Waals surface area contributed by atoms with E-state index in [9.17, 15) is 4.79 Å². The normalized spacial score (nSPS) is 15.1. The molecule has 0 fully saturated rings. The number of rotatable bonds is 5. The Labute approximate surface area is 224 Å². The lowest BCUT2D eigenvalue weighted by molar-refractivity contribution is 0.0989. The highest BCUT2D eigenvalue weighted by molar-refractivity contribution is 6.30. The average molecular weight is 528 g/mol. The molecule has 0 spiro atoms. The second-order valence-electron chi connectivity index (χ2n) is 9.67. The van der Waals surface area contributed by atoms with Crippen LogP contribution in [0.25, 0.3) is 22.4 Å². The number of methoxy groups -OCH3 is 1. The Bertz CT molecular complexity index is 1700. The van der Waals surface area contributed by atoms with E-state index < -0.39 is 6.04 Å². The standard InChI is InChI=1S/C28H26ClN7O2/c1-15(2)35-25-23(31-26(35)20-7-6-12-30-27(20)38-5)28(37)36(24(25)17-8-10-18(29)11-9-17)19-13-16(3)22-21(14-19)34(4)33-32-22/h6-15,24H,1-5H3/t24-/m1/s1. The van der Waals surface area contributed by atoms with Crippen LogP contribution in [0, 0.1) is 6.92 Å². The number of aryl methyl sites for hydroxylation is 2. The van der Waals surface area contributed by atoms with Gasteiger partial charge < -0.3 is 9.30 Å². The first-order chi connectivity index (χ1) is 18.3. The quantitative estimate of drug-likeness (QED) is 0.298. The first kappa shape index (κ1) is 24.1. The lowest BCUT2D eigenvalue weighted by atomic mass is 10.0. The zero-order valence-electron chi connectivity index (χ0n) is 21.7. The van der Waals surface area contributed by atoms with Crippen LogP contribution in [0.3, 0.4) is 0 Å². The number of nitrogens with zero attached hydrogens (tertiary/aromatic N) is 7. The van der Waals surface area contributed by atoms with Crippen molar-refractivity contribution >= 4 is 34.2 Å². The van der Waals surface area contributed by atoms with Crippen LogP contribution < -0.4 is 9.64 Å². The molecule has 0 aliphatic carbocycles. The van der Waals surface area contributed by atoms with E-state index >= 15 is 0 Å². The molecule has 0 saturated carbocycles. The third-order valence-corrected chi connectivity index (χ3v) is 7.22. The molecule has 0 saturated heterocycles. The Balaban J connectivity index is 1.62. The molecule has 2 aromatic carbocycles. The number of amides is 1. The maximum Gasteiger partial charge on any atom is 0.279 e. The zero-order chi connectivity index (χ0) is 26.7. The van der Waals surface area contributed by atoms with Crippen LogP contribution in [0.15, 0.2) is 54.7 Å². The second kappa shape index (κ2) is 8.95. The molecule has 38 heavy (non-hydrogen) atoms. The van der Waals surface area contributed by atoms with Gasteiger partial charge in [0.25, 0.3) is 5.91 Å². The number of carbonyl (C=O) groups is 1. The summed E-state index contributed by atoms with van der Waals surface area (Å²) in [7, 11) is 3.43. The molecule has 1 atom stereocenters. The van der Waals surface area contributed by atoms with E-state index in [0.29, 0.717) is 22.4 Å². The number of anilines is 1. The number of hydrogen-bond acceptors (Lipinski definition) is 6. The molecular formula is C28H26ClN7O2. The van der Waals surface area contributed by atoms with Crippen molar-refractivity contribution in [2.24, 2.45) is 7.05 Å². The van der Waals surface area contributed by atoms with Gasteiger partial charge in [0.2, 0.25) is 5.88 Å². The lowest BCUT2D eigenvalue weighted by Gasteiger charge is -2.29. The van der Waals surface area contributed by atoms with Gasteiger partial charge in [0, 0.05) is 30.0 Å². The number of carbonyl (C=O) groups excluding carboxylic acids is 1. The molecule has 4 heterocycles. The van der Waals surface area contributed by atoms with E-state index in [1.807, 2.05) is 67.4 Å². The Morgan fingerprint density at radius 2 is 1.87 bits per heavy atom. The van der Waals surface area contributed by atoms with Crippen LogP contribution in [-0.4, -0.2) is 42.5 Å². The molecule has 6 rings (SSSR count). The van der Waals surface area contributed by atoms with Gasteiger partial charge in [-0.15, -0.1) is 5.10 Å². The zero-order valence-corrected chi connectivity index (χ0v) is 22.4. The third kappa shape index (κ3) is 3.57. The van der Waals surface area contributed by atoms with Crippen molar-refractivity contribution in [2.45, 2.75) is 32.9 Å². The molecule has 10 heteroatoms. The maximum atomic E-state index is 14.2. The summed E-state index contributed by atoms with van der Waals surface area (Å²) in [5.41, 5.74) is 6.21. The van der Waals surface area contributed by atoms with Gasteiger partial charge in [-0.1, -0.05) is 28.9 Å². The molecule has 192 valence electrons. The molecule has 5 aromatic rings. The first-order valence-corrected chi connectivity index (χ1v) is 12.7. The first-order valence-electron chi connectivity index (χ1n) is 12.3. The van der Waals surface area contributed by atoms with Crippen LogP contribution in [-0.2, 0) is 7.05 Å². The molecule has 0 bridgehead atoms. The van der Waals surface area contributed by atoms with Gasteiger partial charge in [0.05, 0.1) is 23.9 Å². The van der Waals surface area contributed by atoms with Gasteiger partial charge in [0.1, 0.15) is 17.4 Å². The van der Waals surface area contributed by atoms with E-state index in [1.54, 1.807) is 18.0 Å². The van der Waals surface area contributed by atoms with Gasteiger partial charge in [-0.05, 0) is 68.3 Å². The number of benzene rings is 2. The number of aromatic nitrogens is 6. The fraction of sp³-hybridized carbons (Fsp3) is 0.250. The van der Waals surface area contributed by atoms with Crippen LogP contribution in [0.4, 0.5) is 5.69 Å². The number of hydrogen-bond donors (Lipinski definition) is 0. The maximum absolute atomic E-state index is 14.2. The predicted molar refractivity (Wildman–Crippen MR) is 146 cm³/mol. The van der Waals surface area contributed by atoms with E-state index in [1.165, 1.54) is 0 Å². The summed E-state index contributed by atoms with van der Waals surface area (Å²) in [6.07, 6.45) is 1.67. The topological polar surface area (TPSA) is 91.0 Å². The van der Waals surface area contributed by atoms with E-state index in [-0.39, 0.29) is 11.9 Å². The minimum absolute atomic E-state index is 0.000738. The molecule has 0 unspecified atom stereocenters. The van der Waals surface area contributed by atoms with Gasteiger partial charge >= 0.3 is 0 Å². The van der Waals surface area contributed by atoms with Gasteiger partial charge in [-0.3, -0.25) is 9.69 Å². The highest BCUT2D eigenvalue weighted by Crippen LogP contribution is 2.46. The van der Waals surface area contributed by atoms with Crippen molar-refractivity contribution in [1.82, 2.24) is 29.5 Å². The molecule has 1 aliphatic rings. The number of halogens is 1. The molecule has 0 N–H and O–H groups in total. The van der Waals surface area contributed by atoms with Crippen molar-refractivity contribution < 1.29 is 9.53 Å². The number of ether oxygens (including phenoxy) is 1. The molecule has 1 amide bonds. The van der Waals surface area contributed by atoms with Crippen molar-refractivity contribution in [3.8, 4) is 17.3 Å². The highest BCUT2D eigenvalue weighted by atomic mass is 35.5. The van der Waals surface area contributed by atoms with Crippen molar-refractivity contribution in [2.75, 3.05) is 12.0 Å². The number of pyridine rings is 1. The molecular weight excluding hydrogens is 502 g/mol. The smallest absolute Gasteiger partial charge is 0.279 e. The molecule has 1 aliphatic heterocycles. The van der Waals surface area contributed by atoms with Crippen LogP contribution in [0.2, 0.25) is 5.02 Å². The summed E-state index contributed by atoms with van der Waals surface area (Å²) in [5.74, 6) is 0.914. The van der Waals surface area contributed by atoms with Gasteiger partial charge in [-0.2, -0.15) is 0 Å². The Morgan fingerprint density at radius 3 is 2.58 bits per heavy atom. The Morgan fingerprint density at radius 1 is 1.11 bits per heavy atom. The van der Waals surface area contributed by atoms with E-state index in [0.717, 1.165) is 39.1 Å². The molecule has 3 aromatic heterocycles. The minimum Gasteiger partial charge on any atom is -0.480 e. The van der Waals surface area contributed by atoms with E-state index in [4.69, 9.17) is 21.3 Å². The fourth-order valence-corrected chi connectivity index (χ4v) is 5.42. The third-order valence-electron chi connectivity index (χ3n) is 6.97. The fourth-order valence-electron chi connectivity index (χ4n) is 5.29. The summed E-state index contributed by atoms with van der Waals surface area (Å²) in [6, 6.07) is 14.9. The van der Waals surface area contributed by atoms with Crippen molar-refractivity contribution in [3.05, 3.63) is 82.3 Å². The Hall–Kier alpha value is -4.24. The van der Waals surface area contributed by atoms with Gasteiger partial charge in [-0.25, -0.2) is 14.6 Å². The highest BCUT2D eigenvalue weighted by Gasteiger charge is 2.45. The largest absolute Gasteiger partial charge is 0.480 e. The van der Waals surface area contributed by atoms with E-state index in [2.05, 4.69) is 33.7 Å². The summed E-state index contributed by atoms with van der Waals surface area (Å²) in [5, 5.41) is 9.08. The van der Waals surface area contributed by atoms with Crippen LogP contribution >= 0.6 is 11.6 Å². The monoisotopic (exact) mass is 527 g/mol. The summed E-state index contributed by atoms with van der Waals surface area (Å²) in [4.78, 5) is 25.3. The molecule has 9 nitrogen and oxygen atoms in total. The van der Waals surface area contributed by atoms with Crippen LogP contribution in [0.5, 0.6) is 5.88 Å². The summed E-state index contributed by atoms with van der Waals surface area (Å²) in [6.45, 7) is 6.14. The van der Waals surface area contributed by atoms with Crippen molar-refractivity contribution in [3.63, 3.8) is 0 Å².